The van der Waals surface area contributed by atoms with Gasteiger partial charge in [0.05, 0.1) is 9.85 Å². The summed E-state index contributed by atoms with van der Waals surface area (Å²) in [5.74, 6) is -0.342. The molecular weight excluding hydrogens is 476 g/mol. The largest absolute Gasteiger partial charge is 0.488 e. The lowest BCUT2D eigenvalue weighted by Crippen LogP contribution is -2.13. The number of hydrogen-bond acceptors (Lipinski definition) is 7. The third-order valence-electron chi connectivity index (χ3n) is 5.44. The molecule has 0 heterocycles. The molecule has 0 saturated heterocycles. The highest BCUT2D eigenvalue weighted by Gasteiger charge is 2.15. The Kier molecular flexibility index (Phi) is 7.16. The van der Waals surface area contributed by atoms with Crippen LogP contribution in [0.1, 0.15) is 11.1 Å². The maximum atomic E-state index is 12.9. The van der Waals surface area contributed by atoms with Gasteiger partial charge in [-0.1, -0.05) is 36.4 Å². The Morgan fingerprint density at radius 2 is 1.65 bits per heavy atom. The first kappa shape index (κ1) is 24.6. The molecule has 0 aliphatic carbocycles. The van der Waals surface area contributed by atoms with Crippen LogP contribution in [0, 0.1) is 31.6 Å². The van der Waals surface area contributed by atoms with Crippen molar-refractivity contribution < 1.29 is 19.4 Å². The van der Waals surface area contributed by atoms with Gasteiger partial charge in [0.2, 0.25) is 0 Å². The number of nitriles is 1. The fraction of sp³-hybridized carbons (Fsp3) is 0.0370. The van der Waals surface area contributed by atoms with Gasteiger partial charge in [0.15, 0.2) is 0 Å². The number of nitro benzene ring substituents is 2. The zero-order valence-corrected chi connectivity index (χ0v) is 19.2. The number of carbonyl (C=O) groups is 1. The number of ether oxygens (including phenoxy) is 1. The van der Waals surface area contributed by atoms with Gasteiger partial charge in [-0.2, -0.15) is 5.26 Å². The summed E-state index contributed by atoms with van der Waals surface area (Å²) in [5, 5.41) is 35.8. The molecule has 0 unspecified atom stereocenters. The van der Waals surface area contributed by atoms with E-state index >= 15 is 0 Å². The first-order valence-electron chi connectivity index (χ1n) is 10.9. The Balaban J connectivity index is 1.66. The van der Waals surface area contributed by atoms with E-state index in [2.05, 4.69) is 5.32 Å². The van der Waals surface area contributed by atoms with Crippen LogP contribution < -0.4 is 10.1 Å². The SMILES string of the molecule is N#C/C(=C\c1c(OCc2ccc([N+](=O)[O-])cc2)ccc2ccccc12)C(=O)Nc1cccc([N+](=O)[O-])c1. The van der Waals surface area contributed by atoms with Crippen molar-refractivity contribution in [3.05, 3.63) is 122 Å². The van der Waals surface area contributed by atoms with E-state index in [-0.39, 0.29) is 29.2 Å². The molecule has 10 nitrogen and oxygen atoms in total. The van der Waals surface area contributed by atoms with Gasteiger partial charge in [0, 0.05) is 35.5 Å². The minimum absolute atomic E-state index is 0.0356. The second kappa shape index (κ2) is 10.8. The fourth-order valence-electron chi connectivity index (χ4n) is 3.61. The first-order valence-corrected chi connectivity index (χ1v) is 10.9. The van der Waals surface area contributed by atoms with Crippen LogP contribution in [0.3, 0.4) is 0 Å². The monoisotopic (exact) mass is 494 g/mol. The molecule has 4 aromatic carbocycles. The molecule has 1 amide bonds. The normalized spacial score (nSPS) is 10.9. The molecule has 0 atom stereocenters. The smallest absolute Gasteiger partial charge is 0.271 e. The van der Waals surface area contributed by atoms with Crippen LogP contribution >= 0.6 is 0 Å². The standard InChI is InChI=1S/C27H18N4O6/c28-16-20(27(32)29-21-5-3-6-23(15-21)31(35)36)14-25-24-7-2-1-4-19(24)10-13-26(25)37-17-18-8-11-22(12-9-18)30(33)34/h1-15H,17H2,(H,29,32)/b20-14+. The van der Waals surface area contributed by atoms with Crippen molar-refractivity contribution in [2.75, 3.05) is 5.32 Å². The van der Waals surface area contributed by atoms with Crippen molar-refractivity contribution >= 4 is 39.8 Å². The van der Waals surface area contributed by atoms with Gasteiger partial charge in [-0.15, -0.1) is 0 Å². The minimum atomic E-state index is -0.739. The van der Waals surface area contributed by atoms with Crippen LogP contribution in [0.5, 0.6) is 5.75 Å². The molecular formula is C27H18N4O6. The van der Waals surface area contributed by atoms with Crippen molar-refractivity contribution in [1.29, 1.82) is 5.26 Å². The third-order valence-corrected chi connectivity index (χ3v) is 5.44. The van der Waals surface area contributed by atoms with Crippen LogP contribution in [0.2, 0.25) is 0 Å². The van der Waals surface area contributed by atoms with Crippen molar-refractivity contribution in [3.63, 3.8) is 0 Å². The molecule has 1 N–H and O–H groups in total. The Labute approximate surface area is 210 Å². The van der Waals surface area contributed by atoms with Crippen molar-refractivity contribution in [2.24, 2.45) is 0 Å². The van der Waals surface area contributed by atoms with E-state index in [1.807, 2.05) is 36.4 Å². The van der Waals surface area contributed by atoms with Gasteiger partial charge in [0.25, 0.3) is 17.3 Å². The van der Waals surface area contributed by atoms with Gasteiger partial charge in [-0.25, -0.2) is 0 Å². The molecule has 4 rings (SSSR count). The first-order chi connectivity index (χ1) is 17.9. The highest BCUT2D eigenvalue weighted by Crippen LogP contribution is 2.31. The Bertz CT molecular complexity index is 1590. The molecule has 0 bridgehead atoms. The van der Waals surface area contributed by atoms with Crippen LogP contribution in [-0.4, -0.2) is 15.8 Å². The van der Waals surface area contributed by atoms with Crippen LogP contribution in [0.4, 0.5) is 17.1 Å². The van der Waals surface area contributed by atoms with Crippen molar-refractivity contribution in [1.82, 2.24) is 0 Å². The van der Waals surface area contributed by atoms with Gasteiger partial charge in [0.1, 0.15) is 24.0 Å². The van der Waals surface area contributed by atoms with E-state index < -0.39 is 15.8 Å². The summed E-state index contributed by atoms with van der Waals surface area (Å²) in [5.41, 5.74) is 0.891. The van der Waals surface area contributed by atoms with E-state index in [4.69, 9.17) is 4.74 Å². The molecule has 182 valence electrons. The molecule has 37 heavy (non-hydrogen) atoms. The molecule has 0 aromatic heterocycles. The molecule has 10 heteroatoms. The molecule has 0 aliphatic heterocycles. The van der Waals surface area contributed by atoms with Crippen LogP contribution in [0.25, 0.3) is 16.8 Å². The summed E-state index contributed by atoms with van der Waals surface area (Å²) in [6, 6.07) is 24.1. The number of hydrogen-bond donors (Lipinski definition) is 1. The fourth-order valence-corrected chi connectivity index (χ4v) is 3.61. The predicted molar refractivity (Wildman–Crippen MR) is 137 cm³/mol. The van der Waals surface area contributed by atoms with Crippen LogP contribution in [0.15, 0.2) is 90.5 Å². The predicted octanol–water partition coefficient (Wildman–Crippen LogP) is 5.78. The number of carbonyl (C=O) groups excluding carboxylic acids is 1. The maximum absolute atomic E-state index is 12.9. The average Bonchev–Trinajstić information content (AvgIpc) is 2.91. The van der Waals surface area contributed by atoms with E-state index in [1.54, 1.807) is 18.2 Å². The van der Waals surface area contributed by atoms with Crippen LogP contribution in [-0.2, 0) is 11.4 Å². The third kappa shape index (κ3) is 5.75. The number of fused-ring (bicyclic) bond motifs is 1. The Hall–Kier alpha value is -5.56. The summed E-state index contributed by atoms with van der Waals surface area (Å²) in [7, 11) is 0. The van der Waals surface area contributed by atoms with Gasteiger partial charge < -0.3 is 10.1 Å². The summed E-state index contributed by atoms with van der Waals surface area (Å²) in [6.45, 7) is 0.0962. The second-order valence-corrected chi connectivity index (χ2v) is 7.84. The number of non-ortho nitro benzene ring substituents is 2. The Morgan fingerprint density at radius 1 is 0.919 bits per heavy atom. The highest BCUT2D eigenvalue weighted by atomic mass is 16.6. The van der Waals surface area contributed by atoms with Gasteiger partial charge in [-0.05, 0) is 46.7 Å². The van der Waals surface area contributed by atoms with Gasteiger partial charge >= 0.3 is 0 Å². The zero-order chi connectivity index (χ0) is 26.4. The van der Waals surface area contributed by atoms with Crippen molar-refractivity contribution in [2.45, 2.75) is 6.61 Å². The van der Waals surface area contributed by atoms with E-state index in [1.165, 1.54) is 42.5 Å². The van der Waals surface area contributed by atoms with E-state index in [9.17, 15) is 30.3 Å². The average molecular weight is 494 g/mol. The lowest BCUT2D eigenvalue weighted by molar-refractivity contribution is -0.385. The number of anilines is 1. The molecule has 0 fully saturated rings. The quantitative estimate of drug-likeness (QED) is 0.141. The number of amides is 1. The molecule has 0 aliphatic rings. The van der Waals surface area contributed by atoms with Crippen molar-refractivity contribution in [3.8, 4) is 11.8 Å². The Morgan fingerprint density at radius 3 is 2.35 bits per heavy atom. The van der Waals surface area contributed by atoms with Gasteiger partial charge in [-0.3, -0.25) is 25.0 Å². The zero-order valence-electron chi connectivity index (χ0n) is 19.2. The topological polar surface area (TPSA) is 148 Å². The minimum Gasteiger partial charge on any atom is -0.488 e. The van der Waals surface area contributed by atoms with E-state index in [0.29, 0.717) is 16.9 Å². The lowest BCUT2D eigenvalue weighted by Gasteiger charge is -2.13. The summed E-state index contributed by atoms with van der Waals surface area (Å²) in [4.78, 5) is 33.7. The lowest BCUT2D eigenvalue weighted by atomic mass is 10.0. The molecule has 0 radical (unpaired) electrons. The number of rotatable bonds is 8. The second-order valence-electron chi connectivity index (χ2n) is 7.84. The molecule has 0 saturated carbocycles. The molecule has 0 spiro atoms. The summed E-state index contributed by atoms with van der Waals surface area (Å²) >= 11 is 0. The number of benzene rings is 4. The number of nitrogens with zero attached hydrogens (tertiary/aromatic N) is 3. The highest BCUT2D eigenvalue weighted by molar-refractivity contribution is 6.11. The number of nitro groups is 2. The molecule has 4 aromatic rings. The number of nitrogens with one attached hydrogen (secondary N) is 1. The summed E-state index contributed by atoms with van der Waals surface area (Å²) < 4.78 is 5.99. The summed E-state index contributed by atoms with van der Waals surface area (Å²) in [6.07, 6.45) is 1.40. The van der Waals surface area contributed by atoms with E-state index in [0.717, 1.165) is 10.8 Å². The maximum Gasteiger partial charge on any atom is 0.271 e.